The Morgan fingerprint density at radius 1 is 1.41 bits per heavy atom. The number of halogens is 2. The lowest BCUT2D eigenvalue weighted by Gasteiger charge is -2.32. The first-order chi connectivity index (χ1) is 8.15. The molecule has 1 aromatic heterocycles. The molecule has 4 heteroatoms. The monoisotopic (exact) mass is 360 g/mol. The maximum atomic E-state index is 4.43. The van der Waals surface area contributed by atoms with E-state index in [0.29, 0.717) is 4.83 Å². The zero-order valence-electron chi connectivity index (χ0n) is 10.1. The minimum absolute atomic E-state index is 0.649. The third-order valence-electron chi connectivity index (χ3n) is 3.46. The highest BCUT2D eigenvalue weighted by atomic mass is 79.9. The summed E-state index contributed by atoms with van der Waals surface area (Å²) in [5, 5.41) is 0. The molecule has 0 radical (unpaired) electrons. The van der Waals surface area contributed by atoms with Crippen LogP contribution >= 0.6 is 31.9 Å². The minimum Gasteiger partial charge on any atom is -0.297 e. The smallest absolute Gasteiger partial charge is 0.0544 e. The Bertz CT molecular complexity index is 343. The van der Waals surface area contributed by atoms with E-state index in [1.54, 1.807) is 0 Å². The van der Waals surface area contributed by atoms with Crippen LogP contribution in [0.3, 0.4) is 0 Å². The Balaban J connectivity index is 1.84. The maximum absolute atomic E-state index is 4.43. The van der Waals surface area contributed by atoms with Crippen LogP contribution in [-0.4, -0.2) is 27.8 Å². The van der Waals surface area contributed by atoms with Gasteiger partial charge in [-0.25, -0.2) is 0 Å². The third-order valence-corrected chi connectivity index (χ3v) is 4.67. The highest BCUT2D eigenvalue weighted by Crippen LogP contribution is 2.25. The largest absolute Gasteiger partial charge is 0.297 e. The van der Waals surface area contributed by atoms with Gasteiger partial charge >= 0.3 is 0 Å². The molecule has 1 unspecified atom stereocenters. The molecular formula is C13H18Br2N2. The number of nitrogens with zero attached hydrogens (tertiary/aromatic N) is 2. The molecule has 94 valence electrons. The van der Waals surface area contributed by atoms with Crippen LogP contribution in [0.25, 0.3) is 0 Å². The Morgan fingerprint density at radius 3 is 2.65 bits per heavy atom. The van der Waals surface area contributed by atoms with Gasteiger partial charge in [-0.2, -0.15) is 0 Å². The van der Waals surface area contributed by atoms with Crippen molar-refractivity contribution in [3.8, 4) is 0 Å². The first-order valence-corrected chi connectivity index (χ1v) is 7.83. The first kappa shape index (κ1) is 13.5. The molecular weight excluding hydrogens is 344 g/mol. The molecule has 0 saturated carbocycles. The predicted octanol–water partition coefficient (Wildman–Crippen LogP) is 3.84. The number of likely N-dealkylation sites (tertiary alicyclic amines) is 1. The lowest BCUT2D eigenvalue weighted by molar-refractivity contribution is 0.176. The molecule has 0 amide bonds. The van der Waals surface area contributed by atoms with Gasteiger partial charge in [0, 0.05) is 22.0 Å². The van der Waals surface area contributed by atoms with Crippen LogP contribution in [0, 0.1) is 5.92 Å². The molecule has 0 N–H and O–H groups in total. The van der Waals surface area contributed by atoms with E-state index in [2.05, 4.69) is 60.8 Å². The number of alkyl halides is 1. The van der Waals surface area contributed by atoms with Crippen molar-refractivity contribution in [2.75, 3.05) is 13.1 Å². The van der Waals surface area contributed by atoms with Crippen molar-refractivity contribution < 1.29 is 0 Å². The van der Waals surface area contributed by atoms with E-state index in [9.17, 15) is 0 Å². The van der Waals surface area contributed by atoms with Crippen LogP contribution in [0.4, 0.5) is 0 Å². The Labute approximate surface area is 120 Å². The highest BCUT2D eigenvalue weighted by molar-refractivity contribution is 9.10. The fraction of sp³-hybridized carbons (Fsp3) is 0.615. The molecule has 2 nitrogen and oxygen atoms in total. The van der Waals surface area contributed by atoms with Crippen molar-refractivity contribution in [2.45, 2.75) is 31.1 Å². The summed E-state index contributed by atoms with van der Waals surface area (Å²) in [4.78, 5) is 7.58. The van der Waals surface area contributed by atoms with Crippen LogP contribution in [0.5, 0.6) is 0 Å². The number of hydrogen-bond acceptors (Lipinski definition) is 2. The van der Waals surface area contributed by atoms with Crippen molar-refractivity contribution in [1.82, 2.24) is 9.88 Å². The van der Waals surface area contributed by atoms with Gasteiger partial charge in [0.15, 0.2) is 0 Å². The standard InChI is InChI=1S/C13H18Br2N2/c1-10(14)11-4-6-17(7-5-11)9-13-3-2-12(15)8-16-13/h2-3,8,10-11H,4-7,9H2,1H3. The van der Waals surface area contributed by atoms with Crippen molar-refractivity contribution >= 4 is 31.9 Å². The van der Waals surface area contributed by atoms with E-state index in [1.807, 2.05) is 6.20 Å². The molecule has 1 fully saturated rings. The van der Waals surface area contributed by atoms with E-state index in [4.69, 9.17) is 0 Å². The summed E-state index contributed by atoms with van der Waals surface area (Å²) in [5.74, 6) is 0.837. The van der Waals surface area contributed by atoms with E-state index >= 15 is 0 Å². The molecule has 0 bridgehead atoms. The van der Waals surface area contributed by atoms with Gasteiger partial charge in [-0.15, -0.1) is 0 Å². The summed E-state index contributed by atoms with van der Waals surface area (Å²) in [6.45, 7) is 5.63. The summed E-state index contributed by atoms with van der Waals surface area (Å²) >= 11 is 7.11. The van der Waals surface area contributed by atoms with Crippen molar-refractivity contribution in [1.29, 1.82) is 0 Å². The van der Waals surface area contributed by atoms with Gasteiger partial charge in [-0.05, 0) is 59.9 Å². The number of hydrogen-bond donors (Lipinski definition) is 0. The molecule has 1 aliphatic heterocycles. The molecule has 0 aromatic carbocycles. The SMILES string of the molecule is CC(Br)C1CCN(Cc2ccc(Br)cn2)CC1. The van der Waals surface area contributed by atoms with Crippen LogP contribution in [0.1, 0.15) is 25.5 Å². The Hall–Kier alpha value is 0.0700. The molecule has 1 saturated heterocycles. The van der Waals surface area contributed by atoms with Crippen LogP contribution in [0.15, 0.2) is 22.8 Å². The lowest BCUT2D eigenvalue weighted by Crippen LogP contribution is -2.35. The number of rotatable bonds is 3. The molecule has 0 spiro atoms. The minimum atomic E-state index is 0.649. The molecule has 1 aliphatic rings. The van der Waals surface area contributed by atoms with Gasteiger partial charge in [-0.3, -0.25) is 9.88 Å². The summed E-state index contributed by atoms with van der Waals surface area (Å²) in [7, 11) is 0. The maximum Gasteiger partial charge on any atom is 0.0544 e. The Morgan fingerprint density at radius 2 is 2.12 bits per heavy atom. The summed E-state index contributed by atoms with van der Waals surface area (Å²) < 4.78 is 1.05. The second kappa shape index (κ2) is 6.30. The zero-order chi connectivity index (χ0) is 12.3. The fourth-order valence-electron chi connectivity index (χ4n) is 2.30. The van der Waals surface area contributed by atoms with Crippen molar-refractivity contribution in [3.63, 3.8) is 0 Å². The van der Waals surface area contributed by atoms with Crippen molar-refractivity contribution in [2.24, 2.45) is 5.92 Å². The summed E-state index contributed by atoms with van der Waals surface area (Å²) in [5.41, 5.74) is 1.17. The molecule has 1 aromatic rings. The van der Waals surface area contributed by atoms with E-state index in [1.165, 1.54) is 31.6 Å². The Kier molecular flexibility index (Phi) is 5.00. The average molecular weight is 362 g/mol. The molecule has 2 rings (SSSR count). The van der Waals surface area contributed by atoms with Gasteiger partial charge in [0.25, 0.3) is 0 Å². The van der Waals surface area contributed by atoms with Gasteiger partial charge in [0.05, 0.1) is 5.69 Å². The molecule has 17 heavy (non-hydrogen) atoms. The van der Waals surface area contributed by atoms with Crippen molar-refractivity contribution in [3.05, 3.63) is 28.5 Å². The molecule has 1 atom stereocenters. The normalized spacial score (nSPS) is 20.4. The number of aromatic nitrogens is 1. The summed E-state index contributed by atoms with van der Waals surface area (Å²) in [6.07, 6.45) is 4.47. The van der Waals surface area contributed by atoms with Crippen LogP contribution < -0.4 is 0 Å². The van der Waals surface area contributed by atoms with Gasteiger partial charge in [0.2, 0.25) is 0 Å². The average Bonchev–Trinajstić information content (AvgIpc) is 2.33. The third kappa shape index (κ3) is 4.04. The van der Waals surface area contributed by atoms with Gasteiger partial charge in [0.1, 0.15) is 0 Å². The molecule has 0 aliphatic carbocycles. The predicted molar refractivity (Wildman–Crippen MR) is 78.3 cm³/mol. The van der Waals surface area contributed by atoms with Crippen LogP contribution in [-0.2, 0) is 6.54 Å². The van der Waals surface area contributed by atoms with Gasteiger partial charge in [-0.1, -0.05) is 22.9 Å². The van der Waals surface area contributed by atoms with E-state index in [-0.39, 0.29) is 0 Å². The first-order valence-electron chi connectivity index (χ1n) is 6.12. The second-order valence-electron chi connectivity index (χ2n) is 4.76. The van der Waals surface area contributed by atoms with Crippen LogP contribution in [0.2, 0.25) is 0 Å². The zero-order valence-corrected chi connectivity index (χ0v) is 13.2. The van der Waals surface area contributed by atoms with Gasteiger partial charge < -0.3 is 0 Å². The highest BCUT2D eigenvalue weighted by Gasteiger charge is 2.22. The molecule has 2 heterocycles. The topological polar surface area (TPSA) is 16.1 Å². The lowest BCUT2D eigenvalue weighted by atomic mass is 9.94. The number of piperidine rings is 1. The second-order valence-corrected chi connectivity index (χ2v) is 7.12. The quantitative estimate of drug-likeness (QED) is 0.760. The number of pyridine rings is 1. The fourth-order valence-corrected chi connectivity index (χ4v) is 3.06. The van der Waals surface area contributed by atoms with E-state index < -0.39 is 0 Å². The van der Waals surface area contributed by atoms with E-state index in [0.717, 1.165) is 16.9 Å². The summed E-state index contributed by atoms with van der Waals surface area (Å²) in [6, 6.07) is 4.17.